The molecule has 0 aromatic carbocycles. The predicted molar refractivity (Wildman–Crippen MR) is 91.0 cm³/mol. The number of carbonyl (C=O) groups is 1. The summed E-state index contributed by atoms with van der Waals surface area (Å²) in [5.41, 5.74) is -0.0938. The monoisotopic (exact) mass is 318 g/mol. The van der Waals surface area contributed by atoms with Crippen LogP contribution in [-0.4, -0.2) is 5.97 Å². The van der Waals surface area contributed by atoms with Crippen molar-refractivity contribution < 1.29 is 9.90 Å². The van der Waals surface area contributed by atoms with E-state index in [0.29, 0.717) is 34.5 Å². The van der Waals surface area contributed by atoms with Gasteiger partial charge in [0.2, 0.25) is 0 Å². The highest BCUT2D eigenvalue weighted by Gasteiger charge is 2.77. The molecule has 0 aromatic rings. The molecule has 130 valence electrons. The molecular formula is C21H34O2. The average Bonchev–Trinajstić information content (AvgIpc) is 3.01. The molecule has 23 heavy (non-hydrogen) atoms. The van der Waals surface area contributed by atoms with Gasteiger partial charge < -0.3 is 9.90 Å². The van der Waals surface area contributed by atoms with Crippen molar-refractivity contribution in [3.63, 3.8) is 0 Å². The molecular weight excluding hydrogens is 284 g/mol. The average molecular weight is 319 g/mol. The number of carboxylic acids is 1. The summed E-state index contributed by atoms with van der Waals surface area (Å²) < 4.78 is 0. The first-order chi connectivity index (χ1) is 9.90. The van der Waals surface area contributed by atoms with Crippen molar-refractivity contribution in [2.24, 2.45) is 57.2 Å². The fourth-order valence-electron chi connectivity index (χ4n) is 7.99. The number of rotatable bonds is 1. The maximum absolute atomic E-state index is 12.1. The highest BCUT2D eigenvalue weighted by molar-refractivity contribution is 5.75. The van der Waals surface area contributed by atoms with Gasteiger partial charge in [-0.05, 0) is 64.6 Å². The van der Waals surface area contributed by atoms with E-state index in [1.807, 2.05) is 6.92 Å². The molecule has 4 rings (SSSR count). The third kappa shape index (κ3) is 1.41. The molecule has 0 heterocycles. The largest absolute Gasteiger partial charge is 0.550 e. The van der Waals surface area contributed by atoms with Gasteiger partial charge in [0.25, 0.3) is 0 Å². The van der Waals surface area contributed by atoms with Crippen molar-refractivity contribution in [1.29, 1.82) is 0 Å². The number of hydrogen-bond donors (Lipinski definition) is 0. The second-order valence-electron chi connectivity index (χ2n) is 10.7. The highest BCUT2D eigenvalue weighted by atomic mass is 16.4. The van der Waals surface area contributed by atoms with Gasteiger partial charge in [0.1, 0.15) is 0 Å². The number of carboxylic acid groups (broad SMARTS) is 1. The van der Waals surface area contributed by atoms with Crippen LogP contribution in [0.1, 0.15) is 61.3 Å². The Morgan fingerprint density at radius 1 is 0.739 bits per heavy atom. The fraction of sp³-hybridized carbons (Fsp3) is 0.905. The van der Waals surface area contributed by atoms with Crippen molar-refractivity contribution in [2.75, 3.05) is 0 Å². The van der Waals surface area contributed by atoms with Crippen LogP contribution >= 0.6 is 0 Å². The maximum atomic E-state index is 12.1. The summed E-state index contributed by atoms with van der Waals surface area (Å²) in [5, 5.41) is 12.1. The van der Waals surface area contributed by atoms with Crippen LogP contribution in [0.2, 0.25) is 0 Å². The Hall–Kier alpha value is -0.660. The van der Waals surface area contributed by atoms with Crippen molar-refractivity contribution in [3.05, 3.63) is 7.43 Å². The molecule has 0 aliphatic heterocycles. The topological polar surface area (TPSA) is 40.1 Å². The standard InChI is InChI=1S/C20H32O2.CH3/c1-17(2)10-8-11(18(17,3)4)15-13-9-12(14(10)15)19(5,6)20(13,7)16(21)22;/h10-15H,8-9H2,1-7H3,(H,21,22);1H3/q;+1/p-1. The van der Waals surface area contributed by atoms with E-state index >= 15 is 0 Å². The van der Waals surface area contributed by atoms with E-state index in [1.165, 1.54) is 6.42 Å². The lowest BCUT2D eigenvalue weighted by molar-refractivity contribution is -0.330. The van der Waals surface area contributed by atoms with Crippen molar-refractivity contribution in [2.45, 2.75) is 61.3 Å². The van der Waals surface area contributed by atoms with Crippen LogP contribution in [0.5, 0.6) is 0 Å². The Bertz CT molecular complexity index is 558. The van der Waals surface area contributed by atoms with Crippen molar-refractivity contribution >= 4 is 5.97 Å². The van der Waals surface area contributed by atoms with E-state index in [0.717, 1.165) is 18.3 Å². The molecule has 2 nitrogen and oxygen atoms in total. The fourth-order valence-corrected chi connectivity index (χ4v) is 7.99. The zero-order valence-electron chi connectivity index (χ0n) is 16.2. The summed E-state index contributed by atoms with van der Waals surface area (Å²) in [5.74, 6) is 2.93. The van der Waals surface area contributed by atoms with E-state index < -0.39 is 11.4 Å². The Morgan fingerprint density at radius 2 is 1.09 bits per heavy atom. The second-order valence-corrected chi connectivity index (χ2v) is 10.7. The van der Waals surface area contributed by atoms with E-state index in [4.69, 9.17) is 0 Å². The molecule has 0 aromatic heterocycles. The second kappa shape index (κ2) is 4.11. The summed E-state index contributed by atoms with van der Waals surface area (Å²) in [7, 11) is 0. The first-order valence-electron chi connectivity index (χ1n) is 9.11. The molecule has 4 aliphatic rings. The molecule has 4 aliphatic carbocycles. The highest BCUT2D eigenvalue weighted by Crippen LogP contribution is 2.82. The van der Waals surface area contributed by atoms with E-state index in [2.05, 4.69) is 41.5 Å². The van der Waals surface area contributed by atoms with Gasteiger partial charge in [0.15, 0.2) is 0 Å². The molecule has 2 heteroatoms. The number of fused-ring (bicyclic) bond motifs is 9. The van der Waals surface area contributed by atoms with Gasteiger partial charge in [-0.1, -0.05) is 48.5 Å². The molecule has 0 N–H and O–H groups in total. The van der Waals surface area contributed by atoms with Gasteiger partial charge in [-0.3, -0.25) is 0 Å². The van der Waals surface area contributed by atoms with Crippen LogP contribution in [-0.2, 0) is 4.79 Å². The zero-order chi connectivity index (χ0) is 16.5. The summed E-state index contributed by atoms with van der Waals surface area (Å²) in [6.45, 7) is 16.2. The van der Waals surface area contributed by atoms with Crippen LogP contribution in [0.3, 0.4) is 0 Å². The third-order valence-electron chi connectivity index (χ3n) is 10.3. The quantitative estimate of drug-likeness (QED) is 0.545. The summed E-state index contributed by atoms with van der Waals surface area (Å²) in [6, 6.07) is 0. The zero-order valence-corrected chi connectivity index (χ0v) is 16.2. The molecule has 4 saturated carbocycles. The molecule has 7 unspecified atom stereocenters. The third-order valence-corrected chi connectivity index (χ3v) is 10.3. The SMILES string of the molecule is CC1(C)C2CC(C3C2C2CC3C(C)(C(=O)[O-])C2(C)C)C1(C)C.[CH3+]. The van der Waals surface area contributed by atoms with Crippen molar-refractivity contribution in [1.82, 2.24) is 0 Å². The molecule has 4 fully saturated rings. The van der Waals surface area contributed by atoms with Gasteiger partial charge in [-0.25, -0.2) is 0 Å². The minimum Gasteiger partial charge on any atom is -0.550 e. The van der Waals surface area contributed by atoms with Crippen LogP contribution in [0.15, 0.2) is 0 Å². The molecule has 0 amide bonds. The van der Waals surface area contributed by atoms with E-state index in [-0.39, 0.29) is 12.8 Å². The van der Waals surface area contributed by atoms with Crippen LogP contribution in [0, 0.1) is 64.6 Å². The van der Waals surface area contributed by atoms with Crippen LogP contribution in [0.4, 0.5) is 0 Å². The number of aliphatic carboxylic acids is 1. The Kier molecular flexibility index (Phi) is 3.07. The minimum absolute atomic E-state index is 0. The molecule has 0 radical (unpaired) electrons. The van der Waals surface area contributed by atoms with Gasteiger partial charge in [-0.15, -0.1) is 0 Å². The molecule has 4 bridgehead atoms. The first kappa shape index (κ1) is 17.2. The molecule has 7 atom stereocenters. The summed E-state index contributed by atoms with van der Waals surface area (Å²) in [4.78, 5) is 12.1. The van der Waals surface area contributed by atoms with E-state index in [9.17, 15) is 9.90 Å². The molecule has 0 saturated heterocycles. The first-order valence-corrected chi connectivity index (χ1v) is 9.11. The summed E-state index contributed by atoms with van der Waals surface area (Å²) in [6.07, 6.45) is 2.44. The van der Waals surface area contributed by atoms with Crippen LogP contribution in [0.25, 0.3) is 0 Å². The smallest absolute Gasteiger partial charge is 0.0481 e. The Morgan fingerprint density at radius 3 is 1.52 bits per heavy atom. The Labute approximate surface area is 142 Å². The van der Waals surface area contributed by atoms with Gasteiger partial charge in [0.05, 0.1) is 0 Å². The normalized spacial score (nSPS) is 53.0. The summed E-state index contributed by atoms with van der Waals surface area (Å²) >= 11 is 0. The molecule has 0 spiro atoms. The minimum atomic E-state index is -0.803. The number of hydrogen-bond acceptors (Lipinski definition) is 2. The predicted octanol–water partition coefficient (Wildman–Crippen LogP) is 3.80. The van der Waals surface area contributed by atoms with Crippen molar-refractivity contribution in [3.8, 4) is 0 Å². The number of carbonyl (C=O) groups excluding carboxylic acids is 1. The maximum Gasteiger partial charge on any atom is 0.0481 e. The van der Waals surface area contributed by atoms with E-state index in [1.54, 1.807) is 0 Å². The van der Waals surface area contributed by atoms with Gasteiger partial charge >= 0.3 is 0 Å². The lowest BCUT2D eigenvalue weighted by Crippen LogP contribution is -2.60. The lowest BCUT2D eigenvalue weighted by Gasteiger charge is -2.60. The Balaban J connectivity index is 0.00000156. The van der Waals surface area contributed by atoms with Gasteiger partial charge in [0, 0.05) is 18.8 Å². The van der Waals surface area contributed by atoms with Gasteiger partial charge in [-0.2, -0.15) is 0 Å². The lowest BCUT2D eigenvalue weighted by atomic mass is 9.45. The van der Waals surface area contributed by atoms with Crippen LogP contribution < -0.4 is 5.11 Å².